The Bertz CT molecular complexity index is 971. The number of fused-ring (bicyclic) bond motifs is 1. The molecule has 2 aliphatic heterocycles. The summed E-state index contributed by atoms with van der Waals surface area (Å²) in [5.41, 5.74) is 0.117. The molecule has 1 fully saturated rings. The summed E-state index contributed by atoms with van der Waals surface area (Å²) in [6, 6.07) is 0. The number of ether oxygens (including phenoxy) is 2. The van der Waals surface area contributed by atoms with Gasteiger partial charge in [0.25, 0.3) is 0 Å². The Balaban J connectivity index is 0.000000652. The fourth-order valence-corrected chi connectivity index (χ4v) is 4.24. The van der Waals surface area contributed by atoms with E-state index < -0.39 is 32.8 Å². The smallest absolute Gasteiger partial charge is 0.400 e. The van der Waals surface area contributed by atoms with Gasteiger partial charge in [-0.15, -0.1) is 9.42 Å². The molecule has 5 unspecified atom stereocenters. The van der Waals surface area contributed by atoms with E-state index in [0.717, 1.165) is 0 Å². The number of hydrogen-bond donors (Lipinski definition) is 4. The molecule has 210 valence electrons. The monoisotopic (exact) mass is 550 g/mol. The van der Waals surface area contributed by atoms with Crippen molar-refractivity contribution in [2.75, 3.05) is 33.9 Å². The van der Waals surface area contributed by atoms with Crippen molar-refractivity contribution in [3.63, 3.8) is 0 Å². The SMILES string of the molecule is CC[NH+](CC)CC.[2H]CC1OC(n2cnc3c2N=C(NC(=O)C(C)C)CC3=O)C(OC)C1O[P+](=O)O.[3H]OC. The number of nitrogens with one attached hydrogen (secondary N) is 2. The second-order valence-electron chi connectivity index (χ2n) is 8.51. The van der Waals surface area contributed by atoms with Crippen molar-refractivity contribution in [3.05, 3.63) is 12.0 Å². The molecule has 3 heterocycles. The summed E-state index contributed by atoms with van der Waals surface area (Å²) in [6.45, 7) is 13.7. The minimum absolute atomic E-state index is 0.0895. The van der Waals surface area contributed by atoms with Gasteiger partial charge in [0, 0.05) is 26.1 Å². The molecule has 2 aliphatic rings. The molecule has 0 saturated carbocycles. The highest BCUT2D eigenvalue weighted by Gasteiger charge is 2.50. The average molecular weight is 551 g/mol. The van der Waals surface area contributed by atoms with Crippen molar-refractivity contribution in [2.24, 2.45) is 10.9 Å². The quantitative estimate of drug-likeness (QED) is 0.342. The third kappa shape index (κ3) is 8.71. The summed E-state index contributed by atoms with van der Waals surface area (Å²) in [5.74, 6) is -0.509. The molecule has 1 amide bonds. The first-order valence-corrected chi connectivity index (χ1v) is 13.3. The van der Waals surface area contributed by atoms with E-state index in [9.17, 15) is 14.2 Å². The van der Waals surface area contributed by atoms with Crippen LogP contribution in [0.25, 0.3) is 0 Å². The molecule has 1 aromatic heterocycles. The lowest BCUT2D eigenvalue weighted by molar-refractivity contribution is -0.894. The average Bonchev–Trinajstić information content (AvgIpc) is 3.46. The van der Waals surface area contributed by atoms with Crippen LogP contribution in [0.3, 0.4) is 0 Å². The van der Waals surface area contributed by atoms with Crippen LogP contribution in [-0.4, -0.2) is 90.7 Å². The number of amides is 1. The van der Waals surface area contributed by atoms with Crippen LogP contribution in [-0.2, 0) is 23.4 Å². The zero-order valence-corrected chi connectivity index (χ0v) is 23.5. The number of nitrogens with zero attached hydrogens (tertiary/aromatic N) is 3. The van der Waals surface area contributed by atoms with Gasteiger partial charge in [0.2, 0.25) is 7.34 Å². The number of hydrogen-bond acceptors (Lipinski definition) is 9. The lowest BCUT2D eigenvalue weighted by atomic mass is 10.1. The second-order valence-corrected chi connectivity index (χ2v) is 9.20. The van der Waals surface area contributed by atoms with Crippen molar-refractivity contribution >= 4 is 31.6 Å². The molecule has 4 N–H and O–H groups in total. The molecule has 0 spiro atoms. The van der Waals surface area contributed by atoms with Crippen molar-refractivity contribution in [3.8, 4) is 0 Å². The van der Waals surface area contributed by atoms with Crippen LogP contribution < -0.4 is 10.2 Å². The molecular formula is C23H42N5O8P+2. The molecule has 37 heavy (non-hydrogen) atoms. The molecule has 1 aromatic rings. The number of aliphatic imine (C=N–C) groups is 1. The van der Waals surface area contributed by atoms with Crippen molar-refractivity contribution in [1.29, 1.82) is 1.43 Å². The molecule has 0 aliphatic carbocycles. The fourth-order valence-electron chi connectivity index (χ4n) is 3.77. The highest BCUT2D eigenvalue weighted by Crippen LogP contribution is 2.40. The fraction of sp³-hybridized carbons (Fsp3) is 0.739. The highest BCUT2D eigenvalue weighted by atomic mass is 31.1. The molecule has 0 bridgehead atoms. The number of carbonyl (C=O) groups is 2. The maximum Gasteiger partial charge on any atom is 0.695 e. The van der Waals surface area contributed by atoms with Crippen LogP contribution in [0.4, 0.5) is 5.82 Å². The van der Waals surface area contributed by atoms with Crippen LogP contribution in [0, 0.1) is 5.92 Å². The summed E-state index contributed by atoms with van der Waals surface area (Å²) in [4.78, 5) is 43.7. The molecule has 3 rings (SSSR count). The van der Waals surface area contributed by atoms with Gasteiger partial charge in [0.1, 0.15) is 11.9 Å². The Hall–Kier alpha value is -2.12. The number of quaternary nitrogens is 1. The Morgan fingerprint density at radius 3 is 2.49 bits per heavy atom. The zero-order chi connectivity index (χ0) is 29.7. The van der Waals surface area contributed by atoms with E-state index in [2.05, 4.69) is 41.2 Å². The van der Waals surface area contributed by atoms with E-state index in [-0.39, 0.29) is 48.3 Å². The van der Waals surface area contributed by atoms with E-state index in [4.69, 9.17) is 21.7 Å². The van der Waals surface area contributed by atoms with Crippen LogP contribution >= 0.6 is 8.25 Å². The third-order valence-electron chi connectivity index (χ3n) is 5.94. The largest absolute Gasteiger partial charge is 0.695 e. The number of aliphatic hydroxyl groups excluding tert-OH is 1. The lowest BCUT2D eigenvalue weighted by Gasteiger charge is -2.22. The molecule has 0 aromatic carbocycles. The van der Waals surface area contributed by atoms with Gasteiger partial charge in [-0.05, 0) is 27.7 Å². The molecule has 14 heteroatoms. The maximum atomic E-state index is 12.5. The molecule has 0 radical (unpaired) electrons. The number of imidazole rings is 1. The maximum absolute atomic E-state index is 12.5. The number of methoxy groups -OCH3 is 1. The summed E-state index contributed by atoms with van der Waals surface area (Å²) in [6.07, 6.45) is -2.31. The van der Waals surface area contributed by atoms with E-state index in [0.29, 0.717) is 0 Å². The zero-order valence-electron chi connectivity index (χ0n) is 24.6. The number of amidine groups is 1. The van der Waals surface area contributed by atoms with Crippen molar-refractivity contribution in [1.82, 2.24) is 14.9 Å². The van der Waals surface area contributed by atoms with Gasteiger partial charge in [0.15, 0.2) is 29.6 Å². The van der Waals surface area contributed by atoms with Crippen LogP contribution in [0.1, 0.15) is 66.0 Å². The third-order valence-corrected chi connectivity index (χ3v) is 6.36. The van der Waals surface area contributed by atoms with Crippen LogP contribution in [0.5, 0.6) is 0 Å². The number of ketones is 1. The Morgan fingerprint density at radius 1 is 1.41 bits per heavy atom. The first kappa shape index (κ1) is 29.4. The van der Waals surface area contributed by atoms with E-state index in [1.807, 2.05) is 0 Å². The standard InChI is InChI=1S/C16H21N4O7P.C6H15N.CH4O/c1-7(2)15(22)19-10-5-9(21)11-14(18-10)20(6-17-11)16-13(25-4)12(8(3)26-16)27-28(23)24;1-4-7(5-2)6-3;1-2/h6-8,12-13,16H,5H2,1-4H3,(H-,18,19,21,22,23,24);4-6H2,1-3H3;2H,1H3/p+2/i3D;;2T. The van der Waals surface area contributed by atoms with Gasteiger partial charge in [-0.3, -0.25) is 14.2 Å². The van der Waals surface area contributed by atoms with Gasteiger partial charge in [-0.1, -0.05) is 13.8 Å². The number of aromatic nitrogens is 2. The number of aliphatic hydroxyl groups is 1. The predicted octanol–water partition coefficient (Wildman–Crippen LogP) is 0.778. The minimum atomic E-state index is -2.94. The molecule has 5 atom stereocenters. The number of rotatable bonds is 8. The Labute approximate surface area is 222 Å². The van der Waals surface area contributed by atoms with Gasteiger partial charge in [0.05, 0.1) is 38.5 Å². The van der Waals surface area contributed by atoms with Gasteiger partial charge in [-0.25, -0.2) is 9.98 Å². The van der Waals surface area contributed by atoms with Crippen molar-refractivity contribution in [2.45, 2.75) is 72.5 Å². The second kappa shape index (κ2) is 16.0. The van der Waals surface area contributed by atoms with Crippen molar-refractivity contribution < 1.29 is 44.4 Å². The van der Waals surface area contributed by atoms with Gasteiger partial charge < -0.3 is 24.8 Å². The summed E-state index contributed by atoms with van der Waals surface area (Å²) in [7, 11) is -0.273. The van der Waals surface area contributed by atoms with E-state index in [1.54, 1.807) is 18.7 Å². The Kier molecular flexibility index (Phi) is 12.7. The minimum Gasteiger partial charge on any atom is -0.400 e. The summed E-state index contributed by atoms with van der Waals surface area (Å²) in [5, 5.41) is 6.13. The summed E-state index contributed by atoms with van der Waals surface area (Å²) < 4.78 is 42.2. The normalized spacial score (nSPS) is 23.7. The van der Waals surface area contributed by atoms with Gasteiger partial charge in [-0.2, -0.15) is 0 Å². The van der Waals surface area contributed by atoms with E-state index >= 15 is 0 Å². The first-order chi connectivity index (χ1) is 18.5. The molecular weight excluding hydrogens is 505 g/mol. The number of carbonyl (C=O) groups excluding carboxylic acids is 2. The van der Waals surface area contributed by atoms with E-state index in [1.165, 1.54) is 44.7 Å². The Morgan fingerprint density at radius 2 is 2.03 bits per heavy atom. The predicted molar refractivity (Wildman–Crippen MR) is 137 cm³/mol. The van der Waals surface area contributed by atoms with Crippen LogP contribution in [0.15, 0.2) is 11.3 Å². The first-order valence-electron chi connectivity index (χ1n) is 13.3. The van der Waals surface area contributed by atoms with Gasteiger partial charge >= 0.3 is 8.25 Å². The summed E-state index contributed by atoms with van der Waals surface area (Å²) >= 11 is 0. The molecule has 1 saturated heterocycles. The topological polar surface area (TPSA) is 166 Å². The highest BCUT2D eigenvalue weighted by molar-refractivity contribution is 7.32. The molecule has 13 nitrogen and oxygen atoms in total. The lowest BCUT2D eigenvalue weighted by Crippen LogP contribution is -3.11. The van der Waals surface area contributed by atoms with Crippen LogP contribution in [0.2, 0.25) is 0 Å². The number of Topliss-reactive ketones (excluding diaryl/α,β-unsaturated/α-hetero) is 1.